The van der Waals surface area contributed by atoms with Crippen molar-refractivity contribution >= 4 is 16.8 Å². The predicted molar refractivity (Wildman–Crippen MR) is 91.5 cm³/mol. The molecule has 1 saturated heterocycles. The number of hydrogen-bond acceptors (Lipinski definition) is 4. The standard InChI is InChI=1S/C18H19N5O/c24-18(17-11-14-3-1-2-4-16(14)21-17)23-9-7-22(8-10-23)13-15-12-19-5-6-20-15/h1-6,11-12,21H,7-10,13H2. The first-order chi connectivity index (χ1) is 11.8. The van der Waals surface area contributed by atoms with Crippen LogP contribution >= 0.6 is 0 Å². The van der Waals surface area contributed by atoms with Gasteiger partial charge in [-0.05, 0) is 12.1 Å². The van der Waals surface area contributed by atoms with E-state index in [4.69, 9.17) is 0 Å². The second-order valence-corrected chi connectivity index (χ2v) is 6.04. The van der Waals surface area contributed by atoms with Gasteiger partial charge in [-0.15, -0.1) is 0 Å². The SMILES string of the molecule is O=C(c1cc2ccccc2[nH]1)N1CCN(Cc2cnccn2)CC1. The highest BCUT2D eigenvalue weighted by molar-refractivity contribution is 5.98. The number of piperazine rings is 1. The van der Waals surface area contributed by atoms with Gasteiger partial charge < -0.3 is 9.88 Å². The van der Waals surface area contributed by atoms with Crippen molar-refractivity contribution in [3.8, 4) is 0 Å². The number of rotatable bonds is 3. The minimum atomic E-state index is 0.0744. The second-order valence-electron chi connectivity index (χ2n) is 6.04. The number of carbonyl (C=O) groups is 1. The van der Waals surface area contributed by atoms with Gasteiger partial charge in [0, 0.05) is 62.2 Å². The Kier molecular flexibility index (Phi) is 3.96. The Morgan fingerprint density at radius 2 is 1.96 bits per heavy atom. The van der Waals surface area contributed by atoms with Crippen LogP contribution in [0.25, 0.3) is 10.9 Å². The number of hydrogen-bond donors (Lipinski definition) is 1. The third kappa shape index (κ3) is 3.00. The number of nitrogens with one attached hydrogen (secondary N) is 1. The number of nitrogens with zero attached hydrogens (tertiary/aromatic N) is 4. The molecule has 24 heavy (non-hydrogen) atoms. The fourth-order valence-corrected chi connectivity index (χ4v) is 3.11. The average Bonchev–Trinajstić information content (AvgIpc) is 3.07. The van der Waals surface area contributed by atoms with Crippen LogP contribution in [0.4, 0.5) is 0 Å². The molecule has 1 aromatic carbocycles. The van der Waals surface area contributed by atoms with Gasteiger partial charge in [-0.2, -0.15) is 0 Å². The lowest BCUT2D eigenvalue weighted by Crippen LogP contribution is -2.48. The van der Waals surface area contributed by atoms with Crippen LogP contribution in [-0.2, 0) is 6.54 Å². The molecule has 2 aromatic heterocycles. The molecular formula is C18H19N5O. The summed E-state index contributed by atoms with van der Waals surface area (Å²) in [5.74, 6) is 0.0744. The fraction of sp³-hybridized carbons (Fsp3) is 0.278. The maximum atomic E-state index is 12.7. The molecular weight excluding hydrogens is 302 g/mol. The third-order valence-corrected chi connectivity index (χ3v) is 4.42. The summed E-state index contributed by atoms with van der Waals surface area (Å²) >= 11 is 0. The van der Waals surface area contributed by atoms with Crippen molar-refractivity contribution in [2.75, 3.05) is 26.2 Å². The van der Waals surface area contributed by atoms with E-state index in [0.717, 1.165) is 49.3 Å². The van der Waals surface area contributed by atoms with E-state index < -0.39 is 0 Å². The zero-order valence-corrected chi connectivity index (χ0v) is 13.4. The van der Waals surface area contributed by atoms with Crippen molar-refractivity contribution in [3.05, 3.63) is 60.3 Å². The molecule has 1 amide bonds. The molecule has 1 aliphatic rings. The molecule has 6 nitrogen and oxygen atoms in total. The van der Waals surface area contributed by atoms with Gasteiger partial charge in [-0.3, -0.25) is 19.7 Å². The summed E-state index contributed by atoms with van der Waals surface area (Å²) in [6.45, 7) is 3.94. The van der Waals surface area contributed by atoms with Gasteiger partial charge in [0.25, 0.3) is 5.91 Å². The Balaban J connectivity index is 1.39. The van der Waals surface area contributed by atoms with Gasteiger partial charge in [0.15, 0.2) is 0 Å². The number of amides is 1. The normalized spacial score (nSPS) is 15.8. The average molecular weight is 321 g/mol. The van der Waals surface area contributed by atoms with Crippen LogP contribution in [0.3, 0.4) is 0 Å². The van der Waals surface area contributed by atoms with Crippen molar-refractivity contribution in [1.82, 2.24) is 24.8 Å². The molecule has 0 aliphatic carbocycles. The molecule has 3 aromatic rings. The van der Waals surface area contributed by atoms with E-state index >= 15 is 0 Å². The highest BCUT2D eigenvalue weighted by atomic mass is 16.2. The molecule has 1 aliphatic heterocycles. The summed E-state index contributed by atoms with van der Waals surface area (Å²) < 4.78 is 0. The van der Waals surface area contributed by atoms with Crippen LogP contribution in [0, 0.1) is 0 Å². The molecule has 0 saturated carbocycles. The van der Waals surface area contributed by atoms with Crippen LogP contribution in [0.2, 0.25) is 0 Å². The van der Waals surface area contributed by atoms with Crippen LogP contribution in [-0.4, -0.2) is 56.8 Å². The summed E-state index contributed by atoms with van der Waals surface area (Å²) in [6, 6.07) is 9.89. The number of aromatic nitrogens is 3. The van der Waals surface area contributed by atoms with Crippen molar-refractivity contribution in [2.45, 2.75) is 6.54 Å². The van der Waals surface area contributed by atoms with E-state index in [9.17, 15) is 4.79 Å². The summed E-state index contributed by atoms with van der Waals surface area (Å²) in [6.07, 6.45) is 5.19. The van der Waals surface area contributed by atoms with E-state index in [-0.39, 0.29) is 5.91 Å². The summed E-state index contributed by atoms with van der Waals surface area (Å²) in [5.41, 5.74) is 2.63. The van der Waals surface area contributed by atoms with E-state index in [1.807, 2.05) is 35.2 Å². The number of aromatic amines is 1. The molecule has 0 bridgehead atoms. The quantitative estimate of drug-likeness (QED) is 0.800. The Labute approximate surface area is 140 Å². The lowest BCUT2D eigenvalue weighted by molar-refractivity contribution is 0.0622. The zero-order chi connectivity index (χ0) is 16.4. The fourth-order valence-electron chi connectivity index (χ4n) is 3.11. The molecule has 122 valence electrons. The monoisotopic (exact) mass is 321 g/mol. The van der Waals surface area contributed by atoms with Crippen LogP contribution in [0.15, 0.2) is 48.9 Å². The van der Waals surface area contributed by atoms with Gasteiger partial charge >= 0.3 is 0 Å². The maximum absolute atomic E-state index is 12.7. The largest absolute Gasteiger partial charge is 0.351 e. The molecule has 6 heteroatoms. The van der Waals surface area contributed by atoms with Crippen molar-refractivity contribution in [3.63, 3.8) is 0 Å². The van der Waals surface area contributed by atoms with Crippen LogP contribution < -0.4 is 0 Å². The molecule has 3 heterocycles. The molecule has 0 radical (unpaired) electrons. The number of fused-ring (bicyclic) bond motifs is 1. The van der Waals surface area contributed by atoms with Crippen molar-refractivity contribution in [2.24, 2.45) is 0 Å². The lowest BCUT2D eigenvalue weighted by atomic mass is 10.2. The highest BCUT2D eigenvalue weighted by Gasteiger charge is 2.23. The topological polar surface area (TPSA) is 65.1 Å². The Morgan fingerprint density at radius 3 is 2.71 bits per heavy atom. The summed E-state index contributed by atoms with van der Waals surface area (Å²) in [7, 11) is 0. The molecule has 4 rings (SSSR count). The highest BCUT2D eigenvalue weighted by Crippen LogP contribution is 2.17. The molecule has 0 unspecified atom stereocenters. The van der Waals surface area contributed by atoms with Gasteiger partial charge in [-0.25, -0.2) is 0 Å². The Hall–Kier alpha value is -2.73. The van der Waals surface area contributed by atoms with Gasteiger partial charge in [-0.1, -0.05) is 18.2 Å². The van der Waals surface area contributed by atoms with Gasteiger partial charge in [0.1, 0.15) is 5.69 Å². The van der Waals surface area contributed by atoms with Crippen molar-refractivity contribution < 1.29 is 4.79 Å². The predicted octanol–water partition coefficient (Wildman–Crippen LogP) is 1.92. The van der Waals surface area contributed by atoms with E-state index in [2.05, 4.69) is 19.9 Å². The Bertz CT molecular complexity index is 804. The zero-order valence-electron chi connectivity index (χ0n) is 13.4. The number of para-hydroxylation sites is 1. The molecule has 0 atom stereocenters. The van der Waals surface area contributed by atoms with Crippen LogP contribution in [0.1, 0.15) is 16.2 Å². The molecule has 1 N–H and O–H groups in total. The number of benzene rings is 1. The van der Waals surface area contributed by atoms with Gasteiger partial charge in [0.05, 0.1) is 5.69 Å². The van der Waals surface area contributed by atoms with E-state index in [1.54, 1.807) is 18.6 Å². The Morgan fingerprint density at radius 1 is 1.12 bits per heavy atom. The molecule has 1 fully saturated rings. The number of H-pyrrole nitrogens is 1. The lowest BCUT2D eigenvalue weighted by Gasteiger charge is -2.34. The van der Waals surface area contributed by atoms with E-state index in [1.165, 1.54) is 0 Å². The summed E-state index contributed by atoms with van der Waals surface area (Å²) in [4.78, 5) is 28.5. The minimum absolute atomic E-state index is 0.0744. The van der Waals surface area contributed by atoms with E-state index in [0.29, 0.717) is 5.69 Å². The smallest absolute Gasteiger partial charge is 0.270 e. The summed E-state index contributed by atoms with van der Waals surface area (Å²) in [5, 5.41) is 1.07. The van der Waals surface area contributed by atoms with Gasteiger partial charge in [0.2, 0.25) is 0 Å². The first-order valence-corrected chi connectivity index (χ1v) is 8.14. The minimum Gasteiger partial charge on any atom is -0.351 e. The number of carbonyl (C=O) groups excluding carboxylic acids is 1. The third-order valence-electron chi connectivity index (χ3n) is 4.42. The van der Waals surface area contributed by atoms with Crippen LogP contribution in [0.5, 0.6) is 0 Å². The van der Waals surface area contributed by atoms with Crippen molar-refractivity contribution in [1.29, 1.82) is 0 Å². The first-order valence-electron chi connectivity index (χ1n) is 8.14. The second kappa shape index (κ2) is 6.41. The first kappa shape index (κ1) is 14.8. The maximum Gasteiger partial charge on any atom is 0.270 e. The molecule has 0 spiro atoms.